The fraction of sp³-hybridized carbons (Fsp3) is 0.393. The monoisotopic (exact) mass is 486 g/mol. The second-order valence-corrected chi connectivity index (χ2v) is 10.0. The fourth-order valence-electron chi connectivity index (χ4n) is 4.41. The lowest BCUT2D eigenvalue weighted by Crippen LogP contribution is -2.43. The van der Waals surface area contributed by atoms with Gasteiger partial charge in [-0.1, -0.05) is 64.4 Å². The molecular formula is C28H33ClF2N2O. The first kappa shape index (κ1) is 26.0. The van der Waals surface area contributed by atoms with Crippen molar-refractivity contribution in [1.29, 1.82) is 0 Å². The van der Waals surface area contributed by atoms with Gasteiger partial charge in [0.2, 0.25) is 5.91 Å². The van der Waals surface area contributed by atoms with Crippen LogP contribution in [-0.2, 0) is 11.3 Å². The predicted octanol–water partition coefficient (Wildman–Crippen LogP) is 7.44. The molecule has 0 aliphatic rings. The first-order valence-electron chi connectivity index (χ1n) is 11.7. The van der Waals surface area contributed by atoms with Crippen LogP contribution >= 0.6 is 11.6 Å². The Bertz CT molecular complexity index is 1110. The molecule has 1 amide bonds. The van der Waals surface area contributed by atoms with Crippen molar-refractivity contribution in [3.63, 3.8) is 0 Å². The Morgan fingerprint density at radius 3 is 2.41 bits per heavy atom. The summed E-state index contributed by atoms with van der Waals surface area (Å²) in [5, 5.41) is 0. The van der Waals surface area contributed by atoms with E-state index in [4.69, 9.17) is 11.6 Å². The van der Waals surface area contributed by atoms with Crippen molar-refractivity contribution in [3.05, 3.63) is 83.7 Å². The van der Waals surface area contributed by atoms with Crippen LogP contribution in [0.15, 0.2) is 60.8 Å². The highest BCUT2D eigenvalue weighted by atomic mass is 35.5. The van der Waals surface area contributed by atoms with Gasteiger partial charge in [0, 0.05) is 36.1 Å². The van der Waals surface area contributed by atoms with E-state index in [0.29, 0.717) is 18.7 Å². The van der Waals surface area contributed by atoms with E-state index in [9.17, 15) is 13.6 Å². The molecule has 0 saturated heterocycles. The van der Waals surface area contributed by atoms with Crippen molar-refractivity contribution in [3.8, 4) is 11.1 Å². The Balaban J connectivity index is 2.20. The highest BCUT2D eigenvalue weighted by molar-refractivity contribution is 6.27. The molecule has 0 bridgehead atoms. The third-order valence-electron chi connectivity index (χ3n) is 5.96. The van der Waals surface area contributed by atoms with Gasteiger partial charge in [-0.15, -0.1) is 11.6 Å². The molecule has 1 atom stereocenters. The molecule has 182 valence electrons. The first-order chi connectivity index (χ1) is 16.2. The summed E-state index contributed by atoms with van der Waals surface area (Å²) in [4.78, 5) is 14.8. The summed E-state index contributed by atoms with van der Waals surface area (Å²) in [6, 6.07) is 15.0. The molecule has 3 aromatic rings. The number of benzene rings is 2. The smallest absolute Gasteiger partial charge is 0.238 e. The summed E-state index contributed by atoms with van der Waals surface area (Å²) in [5.41, 5.74) is 2.38. The van der Waals surface area contributed by atoms with Crippen LogP contribution in [0.25, 0.3) is 11.1 Å². The molecule has 0 aliphatic carbocycles. The van der Waals surface area contributed by atoms with E-state index in [0.717, 1.165) is 36.2 Å². The van der Waals surface area contributed by atoms with Crippen LogP contribution in [-0.4, -0.2) is 27.8 Å². The number of carbonyl (C=O) groups excluding carboxylic acids is 1. The molecule has 0 unspecified atom stereocenters. The second kappa shape index (κ2) is 11.2. The highest BCUT2D eigenvalue weighted by Crippen LogP contribution is 2.41. The van der Waals surface area contributed by atoms with Gasteiger partial charge in [0.1, 0.15) is 17.5 Å². The van der Waals surface area contributed by atoms with Crippen molar-refractivity contribution < 1.29 is 13.6 Å². The van der Waals surface area contributed by atoms with Crippen molar-refractivity contribution in [2.75, 3.05) is 12.4 Å². The molecule has 0 N–H and O–H groups in total. The molecule has 0 aliphatic heterocycles. The van der Waals surface area contributed by atoms with E-state index in [2.05, 4.69) is 27.7 Å². The number of nitrogens with zero attached hydrogens (tertiary/aromatic N) is 2. The topological polar surface area (TPSA) is 25.2 Å². The van der Waals surface area contributed by atoms with Gasteiger partial charge >= 0.3 is 0 Å². The number of unbranched alkanes of at least 4 members (excludes halogenated alkanes) is 1. The van der Waals surface area contributed by atoms with Gasteiger partial charge in [-0.25, -0.2) is 8.78 Å². The number of halogens is 3. The lowest BCUT2D eigenvalue weighted by molar-refractivity contribution is -0.133. The van der Waals surface area contributed by atoms with Crippen molar-refractivity contribution >= 4 is 17.5 Å². The maximum atomic E-state index is 14.7. The molecule has 3 nitrogen and oxygen atoms in total. The number of aromatic nitrogens is 1. The molecule has 0 radical (unpaired) electrons. The average molecular weight is 487 g/mol. The largest absolute Gasteiger partial charge is 0.344 e. The van der Waals surface area contributed by atoms with Crippen LogP contribution in [0.5, 0.6) is 0 Å². The zero-order chi connectivity index (χ0) is 24.9. The second-order valence-electron chi connectivity index (χ2n) is 9.73. The number of alkyl halides is 1. The SMILES string of the molecule is CCCCN(C(=O)CCl)[C@@H](c1cc(-c2cc(F)ccc2F)cn1Cc1ccccc1)C(C)(C)C. The average Bonchev–Trinajstić information content (AvgIpc) is 3.19. The maximum absolute atomic E-state index is 14.7. The molecule has 0 spiro atoms. The van der Waals surface area contributed by atoms with Crippen molar-refractivity contribution in [2.45, 2.75) is 53.1 Å². The quantitative estimate of drug-likeness (QED) is 0.288. The minimum absolute atomic E-state index is 0.110. The van der Waals surface area contributed by atoms with E-state index in [1.807, 2.05) is 52.1 Å². The van der Waals surface area contributed by atoms with Crippen molar-refractivity contribution in [1.82, 2.24) is 9.47 Å². The van der Waals surface area contributed by atoms with Crippen LogP contribution < -0.4 is 0 Å². The zero-order valence-electron chi connectivity index (χ0n) is 20.3. The maximum Gasteiger partial charge on any atom is 0.238 e. The highest BCUT2D eigenvalue weighted by Gasteiger charge is 2.36. The summed E-state index contributed by atoms with van der Waals surface area (Å²) >= 11 is 6.03. The van der Waals surface area contributed by atoms with Gasteiger partial charge in [0.05, 0.1) is 6.04 Å². The summed E-state index contributed by atoms with van der Waals surface area (Å²) in [6.45, 7) is 9.44. The van der Waals surface area contributed by atoms with Crippen LogP contribution in [0.2, 0.25) is 0 Å². The van der Waals surface area contributed by atoms with Gasteiger partial charge in [0.15, 0.2) is 0 Å². The van der Waals surface area contributed by atoms with Gasteiger partial charge in [-0.05, 0) is 41.7 Å². The molecule has 1 aromatic heterocycles. The Morgan fingerprint density at radius 1 is 1.09 bits per heavy atom. The molecule has 1 heterocycles. The lowest BCUT2D eigenvalue weighted by Gasteiger charge is -2.41. The van der Waals surface area contributed by atoms with E-state index in [1.54, 1.807) is 0 Å². The Morgan fingerprint density at radius 2 is 1.79 bits per heavy atom. The Labute approximate surface area is 206 Å². The van der Waals surface area contributed by atoms with Gasteiger partial charge in [0.25, 0.3) is 0 Å². The summed E-state index contributed by atoms with van der Waals surface area (Å²) < 4.78 is 30.8. The minimum atomic E-state index is -0.497. The van der Waals surface area contributed by atoms with E-state index >= 15 is 0 Å². The number of amides is 1. The third kappa shape index (κ3) is 6.06. The first-order valence-corrected chi connectivity index (χ1v) is 12.2. The summed E-state index contributed by atoms with van der Waals surface area (Å²) in [7, 11) is 0. The standard InChI is InChI=1S/C28H33ClF2N2O/c1-5-6-14-33(26(34)17-29)27(28(2,3)4)25-15-21(23-16-22(30)12-13-24(23)31)19-32(25)18-20-10-8-7-9-11-20/h7-13,15-16,19,27H,5-6,14,17-18H2,1-4H3/t27-/m0/s1. The molecule has 34 heavy (non-hydrogen) atoms. The number of hydrogen-bond acceptors (Lipinski definition) is 1. The number of carbonyl (C=O) groups is 1. The lowest BCUT2D eigenvalue weighted by atomic mass is 9.83. The number of rotatable bonds is 9. The molecular weight excluding hydrogens is 454 g/mol. The molecule has 6 heteroatoms. The Hall–Kier alpha value is -2.66. The minimum Gasteiger partial charge on any atom is -0.344 e. The molecule has 3 rings (SSSR count). The number of hydrogen-bond donors (Lipinski definition) is 0. The molecule has 2 aromatic carbocycles. The van der Waals surface area contributed by atoms with Crippen LogP contribution in [0.4, 0.5) is 8.78 Å². The van der Waals surface area contributed by atoms with Crippen molar-refractivity contribution in [2.24, 2.45) is 5.41 Å². The molecule has 0 saturated carbocycles. The van der Waals surface area contributed by atoms with E-state index in [-0.39, 0.29) is 28.8 Å². The van der Waals surface area contributed by atoms with E-state index in [1.165, 1.54) is 6.07 Å². The van der Waals surface area contributed by atoms with Gasteiger partial charge in [-0.3, -0.25) is 4.79 Å². The Kier molecular flexibility index (Phi) is 8.53. The fourth-order valence-corrected chi connectivity index (χ4v) is 4.57. The summed E-state index contributed by atoms with van der Waals surface area (Å²) in [5.74, 6) is -1.23. The molecule has 0 fully saturated rings. The van der Waals surface area contributed by atoms with Crippen LogP contribution in [0.1, 0.15) is 57.8 Å². The van der Waals surface area contributed by atoms with Gasteiger partial charge < -0.3 is 9.47 Å². The predicted molar refractivity (Wildman–Crippen MR) is 135 cm³/mol. The third-order valence-corrected chi connectivity index (χ3v) is 6.19. The van der Waals surface area contributed by atoms with E-state index < -0.39 is 11.6 Å². The van der Waals surface area contributed by atoms with Crippen LogP contribution in [0.3, 0.4) is 0 Å². The van der Waals surface area contributed by atoms with Gasteiger partial charge in [-0.2, -0.15) is 0 Å². The normalized spacial score (nSPS) is 12.6. The zero-order valence-corrected chi connectivity index (χ0v) is 21.1. The van der Waals surface area contributed by atoms with Crippen LogP contribution in [0, 0.1) is 17.0 Å². The summed E-state index contributed by atoms with van der Waals surface area (Å²) in [6.07, 6.45) is 3.63.